The van der Waals surface area contributed by atoms with Crippen LogP contribution in [0.1, 0.15) is 28.3 Å². The van der Waals surface area contributed by atoms with E-state index < -0.39 is 22.0 Å². The van der Waals surface area contributed by atoms with Gasteiger partial charge in [0.1, 0.15) is 6.54 Å². The summed E-state index contributed by atoms with van der Waals surface area (Å²) in [7, 11) is -4.05. The van der Waals surface area contributed by atoms with Crippen molar-refractivity contribution in [2.24, 2.45) is 0 Å². The van der Waals surface area contributed by atoms with Crippen molar-refractivity contribution in [1.29, 1.82) is 0 Å². The van der Waals surface area contributed by atoms with Gasteiger partial charge in [0, 0.05) is 5.02 Å². The van der Waals surface area contributed by atoms with Crippen LogP contribution in [0.4, 0.5) is 5.69 Å². The van der Waals surface area contributed by atoms with Gasteiger partial charge in [-0.05, 0) is 66.4 Å². The number of anilines is 1. The molecule has 0 unspecified atom stereocenters. The smallest absolute Gasteiger partial charge is 0.264 e. The zero-order valence-corrected chi connectivity index (χ0v) is 21.6. The van der Waals surface area contributed by atoms with Crippen molar-refractivity contribution in [2.75, 3.05) is 10.8 Å². The zero-order valence-electron chi connectivity index (χ0n) is 20.1. The van der Waals surface area contributed by atoms with Gasteiger partial charge in [0.15, 0.2) is 0 Å². The first kappa shape index (κ1) is 25.5. The quantitative estimate of drug-likeness (QED) is 0.308. The van der Waals surface area contributed by atoms with Crippen LogP contribution in [0.25, 0.3) is 0 Å². The first-order valence-electron chi connectivity index (χ1n) is 11.5. The predicted molar refractivity (Wildman–Crippen MR) is 145 cm³/mol. The van der Waals surface area contributed by atoms with Crippen molar-refractivity contribution < 1.29 is 13.2 Å². The molecule has 0 spiro atoms. The molecule has 0 saturated heterocycles. The van der Waals surface area contributed by atoms with Crippen molar-refractivity contribution in [1.82, 2.24) is 5.32 Å². The molecule has 0 saturated carbocycles. The summed E-state index contributed by atoms with van der Waals surface area (Å²) < 4.78 is 28.6. The maximum absolute atomic E-state index is 13.7. The highest BCUT2D eigenvalue weighted by Crippen LogP contribution is 2.29. The maximum atomic E-state index is 13.7. The maximum Gasteiger partial charge on any atom is 0.264 e. The Bertz CT molecular complexity index is 1460. The molecule has 36 heavy (non-hydrogen) atoms. The molecule has 0 aromatic heterocycles. The Morgan fingerprint density at radius 1 is 0.806 bits per heavy atom. The molecule has 1 N–H and O–H groups in total. The van der Waals surface area contributed by atoms with E-state index in [2.05, 4.69) is 5.32 Å². The zero-order chi connectivity index (χ0) is 25.7. The Hall–Kier alpha value is -3.61. The number of benzene rings is 4. The average Bonchev–Trinajstić information content (AvgIpc) is 2.88. The van der Waals surface area contributed by atoms with E-state index in [4.69, 9.17) is 11.6 Å². The largest absolute Gasteiger partial charge is 0.344 e. The second-order valence-electron chi connectivity index (χ2n) is 8.52. The van der Waals surface area contributed by atoms with Crippen LogP contribution in [0.3, 0.4) is 0 Å². The first-order chi connectivity index (χ1) is 17.3. The van der Waals surface area contributed by atoms with Crippen LogP contribution >= 0.6 is 11.6 Å². The monoisotopic (exact) mass is 518 g/mol. The molecule has 0 radical (unpaired) electrons. The second kappa shape index (κ2) is 11.0. The summed E-state index contributed by atoms with van der Waals surface area (Å²) in [5.41, 5.74) is 4.05. The standard InChI is InChI=1S/C29H27ClN2O3S/c1-21-10-6-8-14-26(21)29(23-12-4-3-5-13-23)31-28(33)20-32(27-15-9-7-11-22(27)2)36(34,35)25-18-16-24(30)17-19-25/h3-19,29H,20H2,1-2H3,(H,31,33)/t29-/m1/s1. The Labute approximate surface area is 217 Å². The number of amides is 1. The molecular formula is C29H27ClN2O3S. The van der Waals surface area contributed by atoms with E-state index in [9.17, 15) is 13.2 Å². The van der Waals surface area contributed by atoms with Gasteiger partial charge >= 0.3 is 0 Å². The van der Waals surface area contributed by atoms with Crippen LogP contribution in [-0.2, 0) is 14.8 Å². The lowest BCUT2D eigenvalue weighted by molar-refractivity contribution is -0.120. The number of hydrogen-bond donors (Lipinski definition) is 1. The minimum absolute atomic E-state index is 0.0569. The number of carbonyl (C=O) groups excluding carboxylic acids is 1. The van der Waals surface area contributed by atoms with Crippen molar-refractivity contribution >= 4 is 33.2 Å². The number of halogens is 1. The third-order valence-corrected chi connectivity index (χ3v) is 8.04. The molecule has 4 rings (SSSR count). The topological polar surface area (TPSA) is 66.5 Å². The molecular weight excluding hydrogens is 492 g/mol. The molecule has 0 heterocycles. The van der Waals surface area contributed by atoms with Gasteiger partial charge in [-0.3, -0.25) is 9.10 Å². The number of para-hydroxylation sites is 1. The number of nitrogens with one attached hydrogen (secondary N) is 1. The van der Waals surface area contributed by atoms with Gasteiger partial charge in [-0.1, -0.05) is 84.4 Å². The number of sulfonamides is 1. The average molecular weight is 519 g/mol. The molecule has 0 aliphatic heterocycles. The van der Waals surface area contributed by atoms with Crippen LogP contribution in [-0.4, -0.2) is 20.9 Å². The fourth-order valence-corrected chi connectivity index (χ4v) is 5.72. The van der Waals surface area contributed by atoms with Crippen LogP contribution in [0, 0.1) is 13.8 Å². The number of rotatable bonds is 8. The molecule has 0 bridgehead atoms. The van der Waals surface area contributed by atoms with Gasteiger partial charge in [0.2, 0.25) is 5.91 Å². The number of aryl methyl sites for hydroxylation is 2. The van der Waals surface area contributed by atoms with Gasteiger partial charge in [-0.15, -0.1) is 0 Å². The van der Waals surface area contributed by atoms with E-state index in [0.29, 0.717) is 10.7 Å². The number of nitrogens with zero attached hydrogens (tertiary/aromatic N) is 1. The summed E-state index contributed by atoms with van der Waals surface area (Å²) in [4.78, 5) is 13.6. The summed E-state index contributed by atoms with van der Waals surface area (Å²) in [6, 6.07) is 30.1. The van der Waals surface area contributed by atoms with Gasteiger partial charge < -0.3 is 5.32 Å². The number of carbonyl (C=O) groups is 1. The van der Waals surface area contributed by atoms with Crippen LogP contribution in [0.5, 0.6) is 0 Å². The Morgan fingerprint density at radius 3 is 2.03 bits per heavy atom. The Kier molecular flexibility index (Phi) is 7.77. The summed E-state index contributed by atoms with van der Waals surface area (Å²) in [5, 5.41) is 3.51. The second-order valence-corrected chi connectivity index (χ2v) is 10.8. The predicted octanol–water partition coefficient (Wildman–Crippen LogP) is 6.06. The van der Waals surface area contributed by atoms with Gasteiger partial charge in [0.05, 0.1) is 16.6 Å². The van der Waals surface area contributed by atoms with Crippen molar-refractivity contribution in [3.8, 4) is 0 Å². The van der Waals surface area contributed by atoms with E-state index in [1.165, 1.54) is 24.3 Å². The molecule has 4 aromatic rings. The van der Waals surface area contributed by atoms with E-state index in [-0.39, 0.29) is 11.4 Å². The highest BCUT2D eigenvalue weighted by Gasteiger charge is 2.29. The fraction of sp³-hybridized carbons (Fsp3) is 0.138. The minimum atomic E-state index is -4.05. The van der Waals surface area contributed by atoms with Gasteiger partial charge in [-0.25, -0.2) is 8.42 Å². The summed E-state index contributed by atoms with van der Waals surface area (Å²) in [6.07, 6.45) is 0. The lowest BCUT2D eigenvalue weighted by Crippen LogP contribution is -2.42. The van der Waals surface area contributed by atoms with Crippen LogP contribution in [0.2, 0.25) is 5.02 Å². The first-order valence-corrected chi connectivity index (χ1v) is 13.3. The third kappa shape index (κ3) is 5.61. The van der Waals surface area contributed by atoms with E-state index >= 15 is 0 Å². The molecule has 0 fully saturated rings. The van der Waals surface area contributed by atoms with Gasteiger partial charge in [-0.2, -0.15) is 0 Å². The molecule has 4 aromatic carbocycles. The molecule has 5 nitrogen and oxygen atoms in total. The molecule has 0 aliphatic rings. The van der Waals surface area contributed by atoms with Gasteiger partial charge in [0.25, 0.3) is 10.0 Å². The lowest BCUT2D eigenvalue weighted by Gasteiger charge is -2.27. The van der Waals surface area contributed by atoms with Crippen molar-refractivity contribution in [3.05, 3.63) is 130 Å². The van der Waals surface area contributed by atoms with E-state index in [1.807, 2.05) is 80.6 Å². The fourth-order valence-electron chi connectivity index (χ4n) is 4.11. The highest BCUT2D eigenvalue weighted by atomic mass is 35.5. The SMILES string of the molecule is Cc1ccccc1[C@H](NC(=O)CN(c1ccccc1C)S(=O)(=O)c1ccc(Cl)cc1)c1ccccc1. The van der Waals surface area contributed by atoms with E-state index in [0.717, 1.165) is 26.6 Å². The third-order valence-electron chi connectivity index (χ3n) is 6.01. The summed E-state index contributed by atoms with van der Waals surface area (Å²) in [6.45, 7) is 3.42. The molecule has 1 atom stereocenters. The highest BCUT2D eigenvalue weighted by molar-refractivity contribution is 7.92. The molecule has 0 aliphatic carbocycles. The lowest BCUT2D eigenvalue weighted by atomic mass is 9.95. The van der Waals surface area contributed by atoms with E-state index in [1.54, 1.807) is 12.1 Å². The Balaban J connectivity index is 1.71. The van der Waals surface area contributed by atoms with Crippen LogP contribution in [0.15, 0.2) is 108 Å². The van der Waals surface area contributed by atoms with Crippen molar-refractivity contribution in [2.45, 2.75) is 24.8 Å². The Morgan fingerprint density at radius 2 is 1.39 bits per heavy atom. The van der Waals surface area contributed by atoms with Crippen molar-refractivity contribution in [3.63, 3.8) is 0 Å². The number of hydrogen-bond acceptors (Lipinski definition) is 3. The molecule has 184 valence electrons. The summed E-state index contributed by atoms with van der Waals surface area (Å²) in [5.74, 6) is -0.423. The normalized spacial score (nSPS) is 12.1. The molecule has 1 amide bonds. The summed E-state index contributed by atoms with van der Waals surface area (Å²) >= 11 is 5.98. The molecule has 7 heteroatoms. The minimum Gasteiger partial charge on any atom is -0.344 e. The van der Waals surface area contributed by atoms with Crippen LogP contribution < -0.4 is 9.62 Å².